The highest BCUT2D eigenvalue weighted by Gasteiger charge is 2.22. The van der Waals surface area contributed by atoms with Crippen molar-refractivity contribution in [1.29, 1.82) is 0 Å². The monoisotopic (exact) mass is 308 g/mol. The third-order valence-electron chi connectivity index (χ3n) is 4.38. The van der Waals surface area contributed by atoms with Crippen LogP contribution in [0.25, 0.3) is 22.5 Å². The number of fused-ring (bicyclic) bond motifs is 3. The van der Waals surface area contributed by atoms with Gasteiger partial charge in [0, 0.05) is 41.8 Å². The van der Waals surface area contributed by atoms with Crippen LogP contribution in [0.2, 0.25) is 0 Å². The molecule has 0 spiro atoms. The third-order valence-corrected chi connectivity index (χ3v) is 5.48. The summed E-state index contributed by atoms with van der Waals surface area (Å²) in [6.07, 6.45) is 5.59. The molecular weight excluding hydrogens is 288 g/mol. The number of aryl methyl sites for hydroxylation is 1. The fraction of sp³-hybridized carbons (Fsp3) is 0.263. The van der Waals surface area contributed by atoms with Gasteiger partial charge in [0.25, 0.3) is 0 Å². The minimum absolute atomic E-state index is 1.07. The second-order valence-corrected chi connectivity index (χ2v) is 7.34. The Morgan fingerprint density at radius 3 is 2.82 bits per heavy atom. The van der Waals surface area contributed by atoms with Crippen LogP contribution >= 0.6 is 11.3 Å². The number of benzene rings is 1. The average Bonchev–Trinajstić information content (AvgIpc) is 3.02. The van der Waals surface area contributed by atoms with Crippen LogP contribution in [0.1, 0.15) is 21.7 Å². The summed E-state index contributed by atoms with van der Waals surface area (Å²) in [7, 11) is 2.21. The van der Waals surface area contributed by atoms with Crippen molar-refractivity contribution >= 4 is 33.8 Å². The van der Waals surface area contributed by atoms with Gasteiger partial charge in [0.15, 0.2) is 0 Å². The highest BCUT2D eigenvalue weighted by Crippen LogP contribution is 2.36. The van der Waals surface area contributed by atoms with E-state index in [0.717, 1.165) is 19.5 Å². The Morgan fingerprint density at radius 1 is 1.18 bits per heavy atom. The Balaban J connectivity index is 1.84. The molecule has 3 heterocycles. The SMILES string of the molecule is Cc1cc2c(s1)c1c(n2/C=C\c2ccccc2)CCN(C)C1. The van der Waals surface area contributed by atoms with Crippen molar-refractivity contribution < 1.29 is 0 Å². The smallest absolute Gasteiger partial charge is 0.0639 e. The maximum Gasteiger partial charge on any atom is 0.0639 e. The van der Waals surface area contributed by atoms with Crippen LogP contribution in [0.5, 0.6) is 0 Å². The molecule has 4 rings (SSSR count). The first kappa shape index (κ1) is 13.8. The number of hydrogen-bond donors (Lipinski definition) is 0. The van der Waals surface area contributed by atoms with Crippen molar-refractivity contribution in [2.45, 2.75) is 19.9 Å². The molecule has 0 bridgehead atoms. The summed E-state index contributed by atoms with van der Waals surface area (Å²) in [5.74, 6) is 0. The minimum atomic E-state index is 1.07. The molecule has 0 amide bonds. The lowest BCUT2D eigenvalue weighted by Gasteiger charge is -2.23. The van der Waals surface area contributed by atoms with E-state index in [-0.39, 0.29) is 0 Å². The highest BCUT2D eigenvalue weighted by atomic mass is 32.1. The quantitative estimate of drug-likeness (QED) is 0.670. The Hall–Kier alpha value is -1.84. The Morgan fingerprint density at radius 2 is 2.00 bits per heavy atom. The zero-order chi connectivity index (χ0) is 15.1. The molecule has 0 unspecified atom stereocenters. The van der Waals surface area contributed by atoms with Crippen LogP contribution < -0.4 is 0 Å². The molecule has 0 fully saturated rings. The summed E-state index contributed by atoms with van der Waals surface area (Å²) in [5.41, 5.74) is 5.64. The minimum Gasteiger partial charge on any atom is -0.319 e. The predicted octanol–water partition coefficient (Wildman–Crippen LogP) is 4.63. The topological polar surface area (TPSA) is 8.17 Å². The maximum atomic E-state index is 2.42. The van der Waals surface area contributed by atoms with E-state index in [1.807, 2.05) is 11.3 Å². The van der Waals surface area contributed by atoms with E-state index in [9.17, 15) is 0 Å². The fourth-order valence-corrected chi connectivity index (χ4v) is 4.35. The van der Waals surface area contributed by atoms with Crippen LogP contribution in [0, 0.1) is 6.92 Å². The number of thiophene rings is 1. The molecule has 0 atom stereocenters. The summed E-state index contributed by atoms with van der Waals surface area (Å²) in [6, 6.07) is 12.9. The van der Waals surface area contributed by atoms with Crippen LogP contribution in [-0.4, -0.2) is 23.1 Å². The van der Waals surface area contributed by atoms with E-state index in [0.29, 0.717) is 0 Å². The van der Waals surface area contributed by atoms with Gasteiger partial charge in [-0.3, -0.25) is 0 Å². The summed E-state index contributed by atoms with van der Waals surface area (Å²) >= 11 is 1.93. The molecule has 0 saturated heterocycles. The molecule has 3 heteroatoms. The molecule has 1 aliphatic heterocycles. The largest absolute Gasteiger partial charge is 0.319 e. The second-order valence-electron chi connectivity index (χ2n) is 6.08. The van der Waals surface area contributed by atoms with E-state index >= 15 is 0 Å². The van der Waals surface area contributed by atoms with Crippen LogP contribution in [0.3, 0.4) is 0 Å². The molecule has 22 heavy (non-hydrogen) atoms. The van der Waals surface area contributed by atoms with Gasteiger partial charge in [0.2, 0.25) is 0 Å². The second kappa shape index (κ2) is 5.41. The molecule has 2 nitrogen and oxygen atoms in total. The number of nitrogens with zero attached hydrogens (tertiary/aromatic N) is 2. The van der Waals surface area contributed by atoms with E-state index < -0.39 is 0 Å². The standard InChI is InChI=1S/C19H20N2S/c1-14-12-18-19(22-14)16-13-20(2)10-9-17(16)21(18)11-8-15-6-4-3-5-7-15/h3-8,11-12H,9-10,13H2,1-2H3/b11-8-. The molecule has 1 aliphatic rings. The zero-order valence-electron chi connectivity index (χ0n) is 13.0. The van der Waals surface area contributed by atoms with Gasteiger partial charge in [-0.05, 0) is 31.7 Å². The number of likely N-dealkylation sites (N-methyl/N-ethyl adjacent to an activating group) is 1. The lowest BCUT2D eigenvalue weighted by atomic mass is 10.1. The summed E-state index contributed by atoms with van der Waals surface area (Å²) < 4.78 is 3.88. The van der Waals surface area contributed by atoms with Gasteiger partial charge in [-0.25, -0.2) is 0 Å². The molecule has 3 aromatic rings. The molecule has 0 N–H and O–H groups in total. The van der Waals surface area contributed by atoms with Gasteiger partial charge in [-0.1, -0.05) is 30.3 Å². The van der Waals surface area contributed by atoms with Gasteiger partial charge in [-0.2, -0.15) is 0 Å². The summed E-state index contributed by atoms with van der Waals surface area (Å²) in [4.78, 5) is 3.81. The Labute approximate surface area is 135 Å². The van der Waals surface area contributed by atoms with Crippen molar-refractivity contribution in [3.05, 3.63) is 58.1 Å². The van der Waals surface area contributed by atoms with E-state index in [4.69, 9.17) is 0 Å². The normalized spacial score (nSPS) is 15.7. The van der Waals surface area contributed by atoms with Crippen molar-refractivity contribution in [3.8, 4) is 0 Å². The molecule has 0 aliphatic carbocycles. The molecule has 112 valence electrons. The first-order chi connectivity index (χ1) is 10.7. The summed E-state index contributed by atoms with van der Waals surface area (Å²) in [5, 5.41) is 0. The van der Waals surface area contributed by atoms with Gasteiger partial charge < -0.3 is 9.47 Å². The number of hydrogen-bond acceptors (Lipinski definition) is 2. The maximum absolute atomic E-state index is 2.42. The molecule has 0 saturated carbocycles. The van der Waals surface area contributed by atoms with E-state index in [1.165, 1.54) is 31.9 Å². The molecule has 0 radical (unpaired) electrons. The van der Waals surface area contributed by atoms with Crippen LogP contribution in [0.4, 0.5) is 0 Å². The predicted molar refractivity (Wildman–Crippen MR) is 96.3 cm³/mol. The zero-order valence-corrected chi connectivity index (χ0v) is 13.9. The van der Waals surface area contributed by atoms with E-state index in [2.05, 4.69) is 72.1 Å². The number of rotatable bonds is 2. The lowest BCUT2D eigenvalue weighted by Crippen LogP contribution is -2.26. The van der Waals surface area contributed by atoms with Gasteiger partial charge in [0.1, 0.15) is 0 Å². The van der Waals surface area contributed by atoms with Gasteiger partial charge in [0.05, 0.1) is 10.2 Å². The molecule has 2 aromatic heterocycles. The number of aromatic nitrogens is 1. The van der Waals surface area contributed by atoms with Crippen LogP contribution in [0.15, 0.2) is 36.4 Å². The third kappa shape index (κ3) is 2.31. The average molecular weight is 308 g/mol. The van der Waals surface area contributed by atoms with Crippen LogP contribution in [-0.2, 0) is 13.0 Å². The van der Waals surface area contributed by atoms with Crippen molar-refractivity contribution in [1.82, 2.24) is 9.47 Å². The van der Waals surface area contributed by atoms with Gasteiger partial charge in [-0.15, -0.1) is 11.3 Å². The first-order valence-electron chi connectivity index (χ1n) is 7.76. The van der Waals surface area contributed by atoms with Crippen molar-refractivity contribution in [2.75, 3.05) is 13.6 Å². The Bertz CT molecular complexity index is 839. The first-order valence-corrected chi connectivity index (χ1v) is 8.58. The molecular formula is C19H20N2S. The fourth-order valence-electron chi connectivity index (χ4n) is 3.29. The lowest BCUT2D eigenvalue weighted by molar-refractivity contribution is 0.312. The molecule has 1 aromatic carbocycles. The Kier molecular flexibility index (Phi) is 3.40. The van der Waals surface area contributed by atoms with Crippen molar-refractivity contribution in [3.63, 3.8) is 0 Å². The highest BCUT2D eigenvalue weighted by molar-refractivity contribution is 7.19. The van der Waals surface area contributed by atoms with Gasteiger partial charge >= 0.3 is 0 Å². The van der Waals surface area contributed by atoms with Crippen molar-refractivity contribution in [2.24, 2.45) is 0 Å². The van der Waals surface area contributed by atoms with E-state index in [1.54, 1.807) is 0 Å². The summed E-state index contributed by atoms with van der Waals surface area (Å²) in [6.45, 7) is 4.41.